The highest BCUT2D eigenvalue weighted by Gasteiger charge is 2.20. The van der Waals surface area contributed by atoms with Crippen LogP contribution in [0.15, 0.2) is 0 Å². The summed E-state index contributed by atoms with van der Waals surface area (Å²) in [7, 11) is 0. The van der Waals surface area contributed by atoms with Gasteiger partial charge >= 0.3 is 0 Å². The lowest BCUT2D eigenvalue weighted by Crippen LogP contribution is -2.26. The van der Waals surface area contributed by atoms with E-state index in [0.717, 1.165) is 25.7 Å². The summed E-state index contributed by atoms with van der Waals surface area (Å²) >= 11 is 0. The molecule has 2 heteroatoms. The summed E-state index contributed by atoms with van der Waals surface area (Å²) in [6.45, 7) is 9.11. The van der Waals surface area contributed by atoms with Crippen molar-refractivity contribution in [2.24, 2.45) is 23.5 Å². The molecule has 1 atom stereocenters. The molecular formula is C13H27NO. The van der Waals surface area contributed by atoms with Crippen molar-refractivity contribution in [1.29, 1.82) is 0 Å². The van der Waals surface area contributed by atoms with Gasteiger partial charge in [0.1, 0.15) is 5.78 Å². The first-order valence-electron chi connectivity index (χ1n) is 6.27. The first-order valence-corrected chi connectivity index (χ1v) is 6.27. The van der Waals surface area contributed by atoms with E-state index in [9.17, 15) is 4.79 Å². The van der Waals surface area contributed by atoms with Gasteiger partial charge in [0.25, 0.3) is 0 Å². The molecule has 0 aliphatic heterocycles. The van der Waals surface area contributed by atoms with Crippen LogP contribution in [0.5, 0.6) is 0 Å². The Hall–Kier alpha value is -0.370. The molecule has 0 aliphatic rings. The van der Waals surface area contributed by atoms with Gasteiger partial charge in [-0.15, -0.1) is 0 Å². The molecule has 0 radical (unpaired) electrons. The molecule has 0 spiro atoms. The van der Waals surface area contributed by atoms with E-state index >= 15 is 0 Å². The monoisotopic (exact) mass is 213 g/mol. The molecule has 90 valence electrons. The molecule has 0 saturated carbocycles. The van der Waals surface area contributed by atoms with Crippen LogP contribution in [0.1, 0.15) is 53.4 Å². The molecule has 0 amide bonds. The van der Waals surface area contributed by atoms with Crippen LogP contribution in [0.2, 0.25) is 0 Å². The average Bonchev–Trinajstić information content (AvgIpc) is 2.21. The molecule has 15 heavy (non-hydrogen) atoms. The summed E-state index contributed by atoms with van der Waals surface area (Å²) in [5.74, 6) is 1.58. The standard InChI is InChI=1S/C13H27NO/c1-5-11(6-2)8-13(15)12(9-14)7-10(3)4/h10-12H,5-9,14H2,1-4H3. The van der Waals surface area contributed by atoms with Crippen LogP contribution in [0.3, 0.4) is 0 Å². The second-order valence-corrected chi connectivity index (χ2v) is 4.92. The largest absolute Gasteiger partial charge is 0.330 e. The predicted octanol–water partition coefficient (Wildman–Crippen LogP) is 3.00. The van der Waals surface area contributed by atoms with Crippen LogP contribution >= 0.6 is 0 Å². The third-order valence-electron chi connectivity index (χ3n) is 3.14. The molecule has 0 aromatic heterocycles. The van der Waals surface area contributed by atoms with Gasteiger partial charge in [0.05, 0.1) is 0 Å². The zero-order chi connectivity index (χ0) is 11.8. The summed E-state index contributed by atoms with van der Waals surface area (Å²) < 4.78 is 0. The van der Waals surface area contributed by atoms with E-state index < -0.39 is 0 Å². The van der Waals surface area contributed by atoms with Crippen LogP contribution < -0.4 is 5.73 Å². The van der Waals surface area contributed by atoms with E-state index in [2.05, 4.69) is 27.7 Å². The highest BCUT2D eigenvalue weighted by Crippen LogP contribution is 2.19. The Labute approximate surface area is 94.6 Å². The Balaban J connectivity index is 4.14. The van der Waals surface area contributed by atoms with E-state index in [1.54, 1.807) is 0 Å². The first kappa shape index (κ1) is 14.6. The number of ketones is 1. The Morgan fingerprint density at radius 1 is 1.20 bits per heavy atom. The molecule has 0 fully saturated rings. The molecule has 0 aromatic rings. The van der Waals surface area contributed by atoms with Crippen LogP contribution in [0, 0.1) is 17.8 Å². The molecule has 0 heterocycles. The van der Waals surface area contributed by atoms with Gasteiger partial charge in [-0.3, -0.25) is 4.79 Å². The lowest BCUT2D eigenvalue weighted by atomic mass is 9.87. The number of carbonyl (C=O) groups excluding carboxylic acids is 1. The average molecular weight is 213 g/mol. The summed E-state index contributed by atoms with van der Waals surface area (Å²) in [5.41, 5.74) is 5.66. The topological polar surface area (TPSA) is 43.1 Å². The van der Waals surface area contributed by atoms with E-state index in [1.807, 2.05) is 0 Å². The van der Waals surface area contributed by atoms with E-state index in [-0.39, 0.29) is 5.92 Å². The first-order chi connectivity index (χ1) is 7.04. The smallest absolute Gasteiger partial charge is 0.137 e. The maximum Gasteiger partial charge on any atom is 0.137 e. The molecule has 0 bridgehead atoms. The number of hydrogen-bond donors (Lipinski definition) is 1. The van der Waals surface area contributed by atoms with Gasteiger partial charge in [-0.05, 0) is 18.3 Å². The number of Topliss-reactive ketones (excluding diaryl/α,β-unsaturated/α-hetero) is 1. The second-order valence-electron chi connectivity index (χ2n) is 4.92. The fraction of sp³-hybridized carbons (Fsp3) is 0.923. The third kappa shape index (κ3) is 5.93. The second kappa shape index (κ2) is 7.86. The van der Waals surface area contributed by atoms with Gasteiger partial charge in [-0.25, -0.2) is 0 Å². The zero-order valence-electron chi connectivity index (χ0n) is 10.8. The quantitative estimate of drug-likeness (QED) is 0.673. The van der Waals surface area contributed by atoms with Gasteiger partial charge in [0.2, 0.25) is 0 Å². The summed E-state index contributed by atoms with van der Waals surface area (Å²) in [4.78, 5) is 12.0. The minimum absolute atomic E-state index is 0.0885. The number of carbonyl (C=O) groups is 1. The van der Waals surface area contributed by atoms with Crippen molar-refractivity contribution in [3.8, 4) is 0 Å². The Bertz CT molecular complexity index is 173. The zero-order valence-corrected chi connectivity index (χ0v) is 10.8. The Morgan fingerprint density at radius 3 is 2.07 bits per heavy atom. The van der Waals surface area contributed by atoms with E-state index in [4.69, 9.17) is 5.73 Å². The van der Waals surface area contributed by atoms with Crippen molar-refractivity contribution in [3.05, 3.63) is 0 Å². The molecule has 0 aliphatic carbocycles. The van der Waals surface area contributed by atoms with Gasteiger partial charge in [0, 0.05) is 18.9 Å². The summed E-state index contributed by atoms with van der Waals surface area (Å²) in [6.07, 6.45) is 3.86. The molecule has 2 N–H and O–H groups in total. The minimum Gasteiger partial charge on any atom is -0.330 e. The number of nitrogens with two attached hydrogens (primary N) is 1. The van der Waals surface area contributed by atoms with Gasteiger partial charge in [0.15, 0.2) is 0 Å². The van der Waals surface area contributed by atoms with Gasteiger partial charge in [-0.1, -0.05) is 40.5 Å². The minimum atomic E-state index is 0.0885. The van der Waals surface area contributed by atoms with E-state index in [0.29, 0.717) is 24.2 Å². The lowest BCUT2D eigenvalue weighted by Gasteiger charge is -2.18. The van der Waals surface area contributed by atoms with Crippen molar-refractivity contribution < 1.29 is 4.79 Å². The van der Waals surface area contributed by atoms with Gasteiger partial charge in [-0.2, -0.15) is 0 Å². The third-order valence-corrected chi connectivity index (χ3v) is 3.14. The molecule has 0 saturated heterocycles. The Morgan fingerprint density at radius 2 is 1.73 bits per heavy atom. The molecule has 0 aromatic carbocycles. The number of hydrogen-bond acceptors (Lipinski definition) is 2. The van der Waals surface area contributed by atoms with Crippen molar-refractivity contribution in [2.75, 3.05) is 6.54 Å². The van der Waals surface area contributed by atoms with Crippen LogP contribution in [0.25, 0.3) is 0 Å². The molecule has 1 unspecified atom stereocenters. The van der Waals surface area contributed by atoms with E-state index in [1.165, 1.54) is 0 Å². The van der Waals surface area contributed by atoms with Gasteiger partial charge < -0.3 is 5.73 Å². The predicted molar refractivity (Wildman–Crippen MR) is 65.7 cm³/mol. The maximum atomic E-state index is 12.0. The van der Waals surface area contributed by atoms with Crippen molar-refractivity contribution >= 4 is 5.78 Å². The van der Waals surface area contributed by atoms with Crippen molar-refractivity contribution in [2.45, 2.75) is 53.4 Å². The highest BCUT2D eigenvalue weighted by molar-refractivity contribution is 5.81. The SMILES string of the molecule is CCC(CC)CC(=O)C(CN)CC(C)C. The molecular weight excluding hydrogens is 186 g/mol. The number of rotatable bonds is 8. The van der Waals surface area contributed by atoms with Crippen LogP contribution in [-0.2, 0) is 4.79 Å². The summed E-state index contributed by atoms with van der Waals surface area (Å²) in [6, 6.07) is 0. The maximum absolute atomic E-state index is 12.0. The lowest BCUT2D eigenvalue weighted by molar-refractivity contribution is -0.124. The fourth-order valence-electron chi connectivity index (χ4n) is 1.96. The fourth-order valence-corrected chi connectivity index (χ4v) is 1.96. The Kier molecular flexibility index (Phi) is 7.67. The molecule has 0 rings (SSSR count). The highest BCUT2D eigenvalue weighted by atomic mass is 16.1. The van der Waals surface area contributed by atoms with Crippen molar-refractivity contribution in [1.82, 2.24) is 0 Å². The van der Waals surface area contributed by atoms with Crippen LogP contribution in [0.4, 0.5) is 0 Å². The summed E-state index contributed by atoms with van der Waals surface area (Å²) in [5, 5.41) is 0. The van der Waals surface area contributed by atoms with Crippen molar-refractivity contribution in [3.63, 3.8) is 0 Å². The van der Waals surface area contributed by atoms with Crippen LogP contribution in [-0.4, -0.2) is 12.3 Å². The molecule has 2 nitrogen and oxygen atoms in total. The normalized spacial score (nSPS) is 13.5.